The second kappa shape index (κ2) is 6.56. The first kappa shape index (κ1) is 15.1. The first-order valence-electron chi connectivity index (χ1n) is 6.37. The largest absolute Gasteiger partial charge is 0.250 e. The minimum atomic E-state index is 0.420. The van der Waals surface area contributed by atoms with Gasteiger partial charge in [-0.25, -0.2) is 5.10 Å². The van der Waals surface area contributed by atoms with Crippen LogP contribution in [0.4, 0.5) is 0 Å². The number of nitrogens with zero attached hydrogens (tertiary/aromatic N) is 3. The van der Waals surface area contributed by atoms with E-state index < -0.39 is 0 Å². The lowest BCUT2D eigenvalue weighted by molar-refractivity contribution is 0.871. The van der Waals surface area contributed by atoms with Gasteiger partial charge in [-0.2, -0.15) is 14.9 Å². The van der Waals surface area contributed by atoms with Gasteiger partial charge in [0, 0.05) is 15.1 Å². The highest BCUT2D eigenvalue weighted by Gasteiger charge is 2.10. The van der Waals surface area contributed by atoms with Crippen molar-refractivity contribution in [2.24, 2.45) is 5.10 Å². The second-order valence-corrected chi connectivity index (χ2v) is 6.12. The number of benzene rings is 2. The van der Waals surface area contributed by atoms with Crippen LogP contribution in [0.1, 0.15) is 5.56 Å². The highest BCUT2D eigenvalue weighted by Crippen LogP contribution is 2.26. The van der Waals surface area contributed by atoms with E-state index in [4.69, 9.17) is 23.8 Å². The number of nitrogens with one attached hydrogen (secondary N) is 1. The summed E-state index contributed by atoms with van der Waals surface area (Å²) >= 11 is 14.7. The van der Waals surface area contributed by atoms with Gasteiger partial charge in [0.25, 0.3) is 0 Å². The van der Waals surface area contributed by atoms with Crippen LogP contribution < -0.4 is 0 Å². The molecule has 2 aromatic carbocycles. The number of rotatable bonds is 3. The summed E-state index contributed by atoms with van der Waals surface area (Å²) in [5.74, 6) is 0.635. The molecule has 0 amide bonds. The van der Waals surface area contributed by atoms with Crippen LogP contribution in [-0.2, 0) is 0 Å². The smallest absolute Gasteiger partial charge is 0.216 e. The molecule has 0 radical (unpaired) electrons. The zero-order chi connectivity index (χ0) is 15.5. The molecule has 22 heavy (non-hydrogen) atoms. The molecule has 0 aliphatic carbocycles. The van der Waals surface area contributed by atoms with Gasteiger partial charge in [0.1, 0.15) is 0 Å². The molecule has 3 rings (SSSR count). The standard InChI is InChI=1S/C15H10BrClN4S/c16-13-7-2-1-6-12(13)14-19-20-15(22)21(14)18-9-10-4-3-5-11(17)8-10/h1-9H,(H,20,22). The summed E-state index contributed by atoms with van der Waals surface area (Å²) in [6.07, 6.45) is 1.69. The number of aromatic amines is 1. The highest BCUT2D eigenvalue weighted by molar-refractivity contribution is 9.10. The third-order valence-corrected chi connectivity index (χ3v) is 4.13. The van der Waals surface area contributed by atoms with Crippen molar-refractivity contribution in [2.45, 2.75) is 0 Å². The molecular weight excluding hydrogens is 384 g/mol. The Hall–Kier alpha value is -1.76. The first-order valence-corrected chi connectivity index (χ1v) is 7.95. The fraction of sp³-hybridized carbons (Fsp3) is 0. The van der Waals surface area contributed by atoms with E-state index in [1.807, 2.05) is 48.5 Å². The van der Waals surface area contributed by atoms with Gasteiger partial charge in [0.2, 0.25) is 4.77 Å². The van der Waals surface area contributed by atoms with Crippen LogP contribution in [0, 0.1) is 4.77 Å². The van der Waals surface area contributed by atoms with E-state index in [2.05, 4.69) is 31.2 Å². The molecule has 0 saturated carbocycles. The molecule has 7 heteroatoms. The van der Waals surface area contributed by atoms with Gasteiger partial charge in [0.15, 0.2) is 5.82 Å². The van der Waals surface area contributed by atoms with Crippen molar-refractivity contribution in [3.8, 4) is 11.4 Å². The molecule has 0 bridgehead atoms. The van der Waals surface area contributed by atoms with E-state index in [0.717, 1.165) is 15.6 Å². The maximum absolute atomic E-state index is 5.97. The molecule has 1 heterocycles. The van der Waals surface area contributed by atoms with Crippen LogP contribution >= 0.6 is 39.7 Å². The first-order chi connectivity index (χ1) is 10.6. The Kier molecular flexibility index (Phi) is 4.52. The van der Waals surface area contributed by atoms with E-state index in [-0.39, 0.29) is 0 Å². The van der Waals surface area contributed by atoms with Gasteiger partial charge in [0.05, 0.1) is 6.21 Å². The van der Waals surface area contributed by atoms with E-state index in [9.17, 15) is 0 Å². The van der Waals surface area contributed by atoms with Gasteiger partial charge in [-0.3, -0.25) is 0 Å². The number of hydrogen-bond acceptors (Lipinski definition) is 3. The molecule has 0 saturated heterocycles. The molecular formula is C15H10BrClN4S. The van der Waals surface area contributed by atoms with Gasteiger partial charge in [-0.1, -0.05) is 51.8 Å². The fourth-order valence-electron chi connectivity index (χ4n) is 1.93. The van der Waals surface area contributed by atoms with E-state index in [0.29, 0.717) is 15.6 Å². The normalized spacial score (nSPS) is 11.2. The van der Waals surface area contributed by atoms with E-state index in [1.54, 1.807) is 10.9 Å². The van der Waals surface area contributed by atoms with Crippen molar-refractivity contribution < 1.29 is 0 Å². The van der Waals surface area contributed by atoms with Crippen LogP contribution in [0.2, 0.25) is 5.02 Å². The molecule has 0 atom stereocenters. The molecule has 0 aliphatic heterocycles. The van der Waals surface area contributed by atoms with Crippen molar-refractivity contribution in [2.75, 3.05) is 0 Å². The van der Waals surface area contributed by atoms with Crippen LogP contribution in [0.3, 0.4) is 0 Å². The van der Waals surface area contributed by atoms with Crippen LogP contribution in [0.25, 0.3) is 11.4 Å². The van der Waals surface area contributed by atoms with Gasteiger partial charge in [-0.15, -0.1) is 0 Å². The molecule has 1 N–H and O–H groups in total. The molecule has 0 unspecified atom stereocenters. The maximum atomic E-state index is 5.97. The third-order valence-electron chi connectivity index (χ3n) is 2.94. The molecule has 0 fully saturated rings. The predicted molar refractivity (Wildman–Crippen MR) is 95.0 cm³/mol. The predicted octanol–water partition coefficient (Wildman–Crippen LogP) is 4.91. The fourth-order valence-corrected chi connectivity index (χ4v) is 2.77. The molecule has 1 aromatic heterocycles. The lowest BCUT2D eigenvalue weighted by Crippen LogP contribution is -1.95. The van der Waals surface area contributed by atoms with Crippen molar-refractivity contribution in [1.29, 1.82) is 0 Å². The Bertz CT molecular complexity index is 900. The Morgan fingerprint density at radius 2 is 2.05 bits per heavy atom. The van der Waals surface area contributed by atoms with Crippen molar-refractivity contribution >= 4 is 46.0 Å². The lowest BCUT2D eigenvalue weighted by atomic mass is 10.2. The molecule has 4 nitrogen and oxygen atoms in total. The zero-order valence-electron chi connectivity index (χ0n) is 11.2. The topological polar surface area (TPSA) is 46.0 Å². The minimum absolute atomic E-state index is 0.420. The number of halogens is 2. The van der Waals surface area contributed by atoms with Gasteiger partial charge < -0.3 is 0 Å². The summed E-state index contributed by atoms with van der Waals surface area (Å²) in [6, 6.07) is 15.2. The summed E-state index contributed by atoms with van der Waals surface area (Å²) in [7, 11) is 0. The molecule has 3 aromatic rings. The average Bonchev–Trinajstić information content (AvgIpc) is 2.87. The quantitative estimate of drug-likeness (QED) is 0.508. The van der Waals surface area contributed by atoms with E-state index in [1.165, 1.54) is 0 Å². The zero-order valence-corrected chi connectivity index (χ0v) is 14.4. The molecule has 0 aliphatic rings. The maximum Gasteiger partial charge on any atom is 0.216 e. The second-order valence-electron chi connectivity index (χ2n) is 4.44. The number of aromatic nitrogens is 3. The summed E-state index contributed by atoms with van der Waals surface area (Å²) in [4.78, 5) is 0. The monoisotopic (exact) mass is 392 g/mol. The van der Waals surface area contributed by atoms with Crippen molar-refractivity contribution in [1.82, 2.24) is 14.9 Å². The van der Waals surface area contributed by atoms with E-state index >= 15 is 0 Å². The molecule has 110 valence electrons. The van der Waals surface area contributed by atoms with Crippen LogP contribution in [0.15, 0.2) is 58.1 Å². The number of hydrogen-bond donors (Lipinski definition) is 1. The average molecular weight is 394 g/mol. The summed E-state index contributed by atoms with van der Waals surface area (Å²) in [6.45, 7) is 0. The summed E-state index contributed by atoms with van der Waals surface area (Å²) in [5, 5.41) is 12.1. The SMILES string of the molecule is S=c1[nH]nc(-c2ccccc2Br)n1N=Cc1cccc(Cl)c1. The number of H-pyrrole nitrogens is 1. The Balaban J connectivity index is 2.04. The molecule has 0 spiro atoms. The van der Waals surface area contributed by atoms with Crippen molar-refractivity contribution in [3.05, 3.63) is 68.4 Å². The minimum Gasteiger partial charge on any atom is -0.250 e. The Labute approximate surface area is 145 Å². The van der Waals surface area contributed by atoms with Crippen LogP contribution in [-0.4, -0.2) is 21.1 Å². The van der Waals surface area contributed by atoms with Crippen LogP contribution in [0.5, 0.6) is 0 Å². The van der Waals surface area contributed by atoms with Crippen molar-refractivity contribution in [3.63, 3.8) is 0 Å². The Morgan fingerprint density at radius 1 is 1.23 bits per heavy atom. The third kappa shape index (κ3) is 3.19. The lowest BCUT2D eigenvalue weighted by Gasteiger charge is -2.03. The van der Waals surface area contributed by atoms with Gasteiger partial charge in [-0.05, 0) is 42.0 Å². The summed E-state index contributed by atoms with van der Waals surface area (Å²) < 4.78 is 2.92. The van der Waals surface area contributed by atoms with Gasteiger partial charge >= 0.3 is 0 Å². The highest BCUT2D eigenvalue weighted by atomic mass is 79.9. The Morgan fingerprint density at radius 3 is 2.82 bits per heavy atom. The summed E-state index contributed by atoms with van der Waals surface area (Å²) in [5.41, 5.74) is 1.78.